The van der Waals surface area contributed by atoms with Gasteiger partial charge in [0.2, 0.25) is 0 Å². The second kappa shape index (κ2) is 10.6. The van der Waals surface area contributed by atoms with Crippen molar-refractivity contribution in [2.45, 2.75) is 23.8 Å². The van der Waals surface area contributed by atoms with E-state index in [0.717, 1.165) is 35.9 Å². The van der Waals surface area contributed by atoms with E-state index >= 15 is 0 Å². The number of benzene rings is 1. The lowest BCUT2D eigenvalue weighted by molar-refractivity contribution is -0.134. The van der Waals surface area contributed by atoms with Crippen LogP contribution >= 0.6 is 11.8 Å². The fourth-order valence-electron chi connectivity index (χ4n) is 3.74. The van der Waals surface area contributed by atoms with Gasteiger partial charge in [-0.05, 0) is 37.1 Å². The number of aromatic nitrogens is 1. The van der Waals surface area contributed by atoms with Crippen LogP contribution in [-0.4, -0.2) is 73.0 Å². The Bertz CT molecular complexity index is 881. The molecule has 0 saturated carbocycles. The van der Waals surface area contributed by atoms with Crippen molar-refractivity contribution in [2.24, 2.45) is 0 Å². The molecule has 7 nitrogen and oxygen atoms in total. The smallest absolute Gasteiger partial charge is 0.339 e. The number of carbonyl (C=O) groups is 2. The van der Waals surface area contributed by atoms with Crippen LogP contribution < -0.4 is 4.90 Å². The first-order chi connectivity index (χ1) is 15.2. The number of amides is 1. The Morgan fingerprint density at radius 1 is 1.10 bits per heavy atom. The maximum Gasteiger partial charge on any atom is 0.339 e. The minimum Gasteiger partial charge on any atom is -0.452 e. The molecule has 164 valence electrons. The van der Waals surface area contributed by atoms with Gasteiger partial charge in [-0.2, -0.15) is 0 Å². The molecule has 1 unspecified atom stereocenters. The molecule has 4 rings (SSSR count). The number of hydrogen-bond acceptors (Lipinski definition) is 7. The summed E-state index contributed by atoms with van der Waals surface area (Å²) in [7, 11) is 0. The summed E-state index contributed by atoms with van der Waals surface area (Å²) in [4.78, 5) is 34.3. The zero-order chi connectivity index (χ0) is 21.5. The molecular formula is C23H27N3O4S. The van der Waals surface area contributed by atoms with Crippen molar-refractivity contribution < 1.29 is 19.1 Å². The number of piperazine rings is 1. The third kappa shape index (κ3) is 5.77. The summed E-state index contributed by atoms with van der Waals surface area (Å²) in [6.45, 7) is 3.15. The quantitative estimate of drug-likeness (QED) is 0.483. The highest BCUT2D eigenvalue weighted by Crippen LogP contribution is 2.27. The number of ether oxygens (including phenoxy) is 2. The Kier molecular flexibility index (Phi) is 7.43. The van der Waals surface area contributed by atoms with Gasteiger partial charge in [-0.15, -0.1) is 11.8 Å². The molecule has 1 amide bonds. The molecule has 1 atom stereocenters. The molecule has 31 heavy (non-hydrogen) atoms. The predicted octanol–water partition coefficient (Wildman–Crippen LogP) is 2.86. The lowest BCUT2D eigenvalue weighted by atomic mass is 10.2. The van der Waals surface area contributed by atoms with E-state index in [9.17, 15) is 9.59 Å². The van der Waals surface area contributed by atoms with Crippen LogP contribution in [0.2, 0.25) is 0 Å². The molecule has 2 aliphatic rings. The minimum absolute atomic E-state index is 0.168. The number of anilines is 1. The molecule has 8 heteroatoms. The van der Waals surface area contributed by atoms with Gasteiger partial charge in [0.1, 0.15) is 5.82 Å². The Labute approximate surface area is 186 Å². The van der Waals surface area contributed by atoms with Crippen molar-refractivity contribution in [3.63, 3.8) is 0 Å². The summed E-state index contributed by atoms with van der Waals surface area (Å²) >= 11 is 1.60. The minimum atomic E-state index is -0.462. The molecule has 1 aromatic carbocycles. The van der Waals surface area contributed by atoms with E-state index in [1.165, 1.54) is 0 Å². The third-order valence-electron chi connectivity index (χ3n) is 5.49. The molecule has 0 aliphatic carbocycles. The third-order valence-corrected chi connectivity index (χ3v) is 6.69. The molecule has 0 N–H and O–H groups in total. The number of pyridine rings is 1. The summed E-state index contributed by atoms with van der Waals surface area (Å²) in [5, 5.41) is 0. The first-order valence-electron chi connectivity index (χ1n) is 10.6. The second-order valence-electron chi connectivity index (χ2n) is 7.57. The van der Waals surface area contributed by atoms with Crippen LogP contribution in [0, 0.1) is 0 Å². The molecule has 0 bridgehead atoms. The van der Waals surface area contributed by atoms with E-state index in [-0.39, 0.29) is 18.6 Å². The number of nitrogens with zero attached hydrogens (tertiary/aromatic N) is 3. The van der Waals surface area contributed by atoms with Crippen LogP contribution in [0.1, 0.15) is 23.2 Å². The standard InChI is InChI=1S/C23H27N3O4S/c27-22(26-13-11-25(12-14-26)21-9-3-4-10-24-21)16-30-23(28)19-7-1-2-8-20(19)31-17-18-6-5-15-29-18/h1-4,7-10,18H,5-6,11-17H2. The van der Waals surface area contributed by atoms with Crippen LogP contribution in [0.5, 0.6) is 0 Å². The summed E-state index contributed by atoms with van der Waals surface area (Å²) in [5.41, 5.74) is 0.498. The van der Waals surface area contributed by atoms with Crippen molar-refractivity contribution in [2.75, 3.05) is 50.0 Å². The van der Waals surface area contributed by atoms with Gasteiger partial charge in [-0.3, -0.25) is 4.79 Å². The second-order valence-corrected chi connectivity index (χ2v) is 8.64. The van der Waals surface area contributed by atoms with Crippen LogP contribution in [-0.2, 0) is 14.3 Å². The Balaban J connectivity index is 1.25. The van der Waals surface area contributed by atoms with Gasteiger partial charge < -0.3 is 19.3 Å². The van der Waals surface area contributed by atoms with Crippen LogP contribution in [0.4, 0.5) is 5.82 Å². The van der Waals surface area contributed by atoms with Gasteiger partial charge in [0.25, 0.3) is 5.91 Å². The zero-order valence-electron chi connectivity index (χ0n) is 17.4. The van der Waals surface area contributed by atoms with Gasteiger partial charge >= 0.3 is 5.97 Å². The molecule has 2 aliphatic heterocycles. The van der Waals surface area contributed by atoms with Crippen molar-refractivity contribution >= 4 is 29.5 Å². The largest absolute Gasteiger partial charge is 0.452 e. The van der Waals surface area contributed by atoms with Gasteiger partial charge in [0, 0.05) is 49.6 Å². The highest BCUT2D eigenvalue weighted by Gasteiger charge is 2.24. The fourth-order valence-corrected chi connectivity index (χ4v) is 4.85. The highest BCUT2D eigenvalue weighted by atomic mass is 32.2. The van der Waals surface area contributed by atoms with E-state index in [0.29, 0.717) is 31.7 Å². The van der Waals surface area contributed by atoms with Crippen LogP contribution in [0.15, 0.2) is 53.6 Å². The van der Waals surface area contributed by atoms with E-state index in [2.05, 4.69) is 9.88 Å². The summed E-state index contributed by atoms with van der Waals surface area (Å²) in [6.07, 6.45) is 4.15. The van der Waals surface area contributed by atoms with E-state index < -0.39 is 5.97 Å². The monoisotopic (exact) mass is 441 g/mol. The van der Waals surface area contributed by atoms with Gasteiger partial charge in [0.05, 0.1) is 11.7 Å². The molecule has 2 saturated heterocycles. The molecule has 2 aromatic rings. The number of esters is 1. The fraction of sp³-hybridized carbons (Fsp3) is 0.435. The van der Waals surface area contributed by atoms with Crippen molar-refractivity contribution in [1.29, 1.82) is 0 Å². The number of thioether (sulfide) groups is 1. The average molecular weight is 442 g/mol. The lowest BCUT2D eigenvalue weighted by Crippen LogP contribution is -2.50. The maximum atomic E-state index is 12.6. The normalized spacial score (nSPS) is 18.8. The maximum absolute atomic E-state index is 12.6. The molecule has 0 spiro atoms. The topological polar surface area (TPSA) is 72.0 Å². The van der Waals surface area contributed by atoms with Gasteiger partial charge in [0.15, 0.2) is 6.61 Å². The van der Waals surface area contributed by atoms with Gasteiger partial charge in [-0.25, -0.2) is 9.78 Å². The van der Waals surface area contributed by atoms with E-state index in [4.69, 9.17) is 9.47 Å². The summed E-state index contributed by atoms with van der Waals surface area (Å²) < 4.78 is 11.0. The van der Waals surface area contributed by atoms with Gasteiger partial charge in [-0.1, -0.05) is 18.2 Å². The molecule has 3 heterocycles. The lowest BCUT2D eigenvalue weighted by Gasteiger charge is -2.35. The van der Waals surface area contributed by atoms with Crippen LogP contribution in [0.3, 0.4) is 0 Å². The Hall–Kier alpha value is -2.58. The zero-order valence-corrected chi connectivity index (χ0v) is 18.3. The summed E-state index contributed by atoms with van der Waals surface area (Å²) in [6, 6.07) is 13.2. The molecule has 1 aromatic heterocycles. The van der Waals surface area contributed by atoms with E-state index in [1.54, 1.807) is 28.9 Å². The number of hydrogen-bond donors (Lipinski definition) is 0. The van der Waals surface area contributed by atoms with Crippen LogP contribution in [0.25, 0.3) is 0 Å². The van der Waals surface area contributed by atoms with E-state index in [1.807, 2.05) is 36.4 Å². The van der Waals surface area contributed by atoms with Crippen molar-refractivity contribution in [3.8, 4) is 0 Å². The SMILES string of the molecule is O=C(OCC(=O)N1CCN(c2ccccn2)CC1)c1ccccc1SCC1CCCO1. The predicted molar refractivity (Wildman–Crippen MR) is 119 cm³/mol. The number of rotatable bonds is 7. The highest BCUT2D eigenvalue weighted by molar-refractivity contribution is 7.99. The molecular weight excluding hydrogens is 414 g/mol. The Morgan fingerprint density at radius 3 is 2.65 bits per heavy atom. The Morgan fingerprint density at radius 2 is 1.90 bits per heavy atom. The summed E-state index contributed by atoms with van der Waals surface area (Å²) in [5.74, 6) is 1.09. The first-order valence-corrected chi connectivity index (χ1v) is 11.6. The average Bonchev–Trinajstić information content (AvgIpc) is 3.35. The molecule has 2 fully saturated rings. The van der Waals surface area contributed by atoms with Crippen molar-refractivity contribution in [3.05, 3.63) is 54.2 Å². The first kappa shape index (κ1) is 21.6. The molecule has 0 radical (unpaired) electrons. The number of carbonyl (C=O) groups excluding carboxylic acids is 2. The van der Waals surface area contributed by atoms with Crippen molar-refractivity contribution in [1.82, 2.24) is 9.88 Å².